The highest BCUT2D eigenvalue weighted by molar-refractivity contribution is 7.45. The van der Waals surface area contributed by atoms with Gasteiger partial charge in [-0.25, -0.2) is 0 Å². The number of allylic oxidation sites excluding steroid dienone is 9. The Balaban J connectivity index is 5.37. The number of carbonyl (C=O) groups is 2. The largest absolute Gasteiger partial charge is 0.756 e. The molecule has 0 aromatic carbocycles. The minimum Gasteiger partial charge on any atom is -0.756 e. The molecule has 1 amide bonds. The maximum Gasteiger partial charge on any atom is 0.306 e. The number of hydrogen-bond acceptors (Lipinski definition) is 7. The molecule has 0 bridgehead atoms. The second kappa shape index (κ2) is 51.2. The standard InChI is InChI=1S/C61H113N2O7P/c1-7-10-13-16-19-22-25-28-30-31-32-33-34-36-39-42-45-48-51-54-61(65)70-59(52-49-46-43-40-37-27-24-21-18-15-12-9-3)58(57-69-71(66,67)68-56-55-63(4,5)6)62-60(64)53-50-47-44-41-38-35-29-26-23-20-17-14-11-8-2/h19,22,28,30,32-33,36,39,49,52,58-59H,7-18,20-21,23-27,29,31,34-35,37-38,40-48,50-51,53-57H2,1-6H3,(H-,62,64,66,67)/b22-19-,30-28-,33-32-,39-36-,52-49+. The van der Waals surface area contributed by atoms with E-state index in [0.29, 0.717) is 23.9 Å². The molecule has 0 aliphatic rings. The molecule has 0 aromatic rings. The number of nitrogens with one attached hydrogen (secondary N) is 1. The lowest BCUT2D eigenvalue weighted by atomic mass is 10.0. The first-order valence-corrected chi connectivity index (χ1v) is 31.1. The molecular formula is C61H113N2O7P. The normalized spacial score (nSPS) is 14.2. The van der Waals surface area contributed by atoms with Gasteiger partial charge in [0.2, 0.25) is 5.91 Å². The maximum atomic E-state index is 13.5. The number of ether oxygens (including phenoxy) is 1. The van der Waals surface area contributed by atoms with Gasteiger partial charge in [-0.05, 0) is 76.7 Å². The van der Waals surface area contributed by atoms with E-state index in [1.807, 2.05) is 33.3 Å². The van der Waals surface area contributed by atoms with E-state index < -0.39 is 26.6 Å². The van der Waals surface area contributed by atoms with Crippen molar-refractivity contribution in [1.29, 1.82) is 0 Å². The number of quaternary nitrogens is 1. The first-order valence-electron chi connectivity index (χ1n) is 29.6. The van der Waals surface area contributed by atoms with E-state index >= 15 is 0 Å². The molecule has 0 saturated heterocycles. The zero-order valence-electron chi connectivity index (χ0n) is 47.2. The van der Waals surface area contributed by atoms with Crippen LogP contribution in [0.2, 0.25) is 0 Å². The molecule has 0 fully saturated rings. The van der Waals surface area contributed by atoms with Crippen molar-refractivity contribution in [2.24, 2.45) is 0 Å². The first kappa shape index (κ1) is 68.7. The summed E-state index contributed by atoms with van der Waals surface area (Å²) < 4.78 is 30.2. The zero-order chi connectivity index (χ0) is 52.2. The van der Waals surface area contributed by atoms with Crippen molar-refractivity contribution in [1.82, 2.24) is 5.32 Å². The number of amides is 1. The van der Waals surface area contributed by atoms with Crippen molar-refractivity contribution in [3.8, 4) is 0 Å². The Morgan fingerprint density at radius 1 is 0.493 bits per heavy atom. The van der Waals surface area contributed by atoms with Crippen LogP contribution in [0.3, 0.4) is 0 Å². The number of carbonyl (C=O) groups excluding carboxylic acids is 2. The van der Waals surface area contributed by atoms with Crippen LogP contribution in [-0.4, -0.2) is 69.4 Å². The van der Waals surface area contributed by atoms with Crippen LogP contribution in [0.25, 0.3) is 0 Å². The van der Waals surface area contributed by atoms with Gasteiger partial charge in [0.15, 0.2) is 0 Å². The third-order valence-electron chi connectivity index (χ3n) is 13.0. The Morgan fingerprint density at radius 2 is 0.859 bits per heavy atom. The molecule has 9 nitrogen and oxygen atoms in total. The number of esters is 1. The molecular weight excluding hydrogens is 904 g/mol. The number of unbranched alkanes of at least 4 members (excludes halogenated alkanes) is 29. The summed E-state index contributed by atoms with van der Waals surface area (Å²) >= 11 is 0. The van der Waals surface area contributed by atoms with Gasteiger partial charge >= 0.3 is 5.97 Å². The summed E-state index contributed by atoms with van der Waals surface area (Å²) in [6, 6.07) is -0.899. The summed E-state index contributed by atoms with van der Waals surface area (Å²) in [4.78, 5) is 39.9. The molecule has 0 aliphatic heterocycles. The van der Waals surface area contributed by atoms with Gasteiger partial charge in [-0.3, -0.25) is 14.2 Å². The van der Waals surface area contributed by atoms with Crippen LogP contribution in [0.1, 0.15) is 265 Å². The summed E-state index contributed by atoms with van der Waals surface area (Å²) in [5.74, 6) is -0.572. The molecule has 0 spiro atoms. The Morgan fingerprint density at radius 3 is 1.32 bits per heavy atom. The van der Waals surface area contributed by atoms with Crippen LogP contribution in [0, 0.1) is 0 Å². The number of likely N-dealkylation sites (N-methyl/N-ethyl adjacent to an activating group) is 1. The molecule has 414 valence electrons. The Labute approximate surface area is 439 Å². The van der Waals surface area contributed by atoms with Crippen molar-refractivity contribution in [2.75, 3.05) is 40.9 Å². The zero-order valence-corrected chi connectivity index (χ0v) is 48.1. The van der Waals surface area contributed by atoms with E-state index in [1.54, 1.807) is 0 Å². The first-order chi connectivity index (χ1) is 34.4. The van der Waals surface area contributed by atoms with Crippen molar-refractivity contribution in [3.63, 3.8) is 0 Å². The van der Waals surface area contributed by atoms with E-state index in [9.17, 15) is 19.0 Å². The SMILES string of the molecule is CCCCC/C=C\C/C=C\C/C=C\C/C=C\CCCCCC(=O)OC(/C=C/CCCCCCCCCCCC)C(COP(=O)([O-])OCC[N+](C)(C)C)NC(=O)CCCCCCCCCCCCCCCC. The summed E-state index contributed by atoms with van der Waals surface area (Å²) in [5, 5.41) is 3.02. The van der Waals surface area contributed by atoms with E-state index in [-0.39, 0.29) is 24.9 Å². The van der Waals surface area contributed by atoms with Crippen molar-refractivity contribution in [2.45, 2.75) is 277 Å². The molecule has 1 N–H and O–H groups in total. The highest BCUT2D eigenvalue weighted by Gasteiger charge is 2.27. The lowest BCUT2D eigenvalue weighted by molar-refractivity contribution is -0.870. The average Bonchev–Trinajstić information content (AvgIpc) is 3.33. The number of rotatable bonds is 53. The molecule has 0 aliphatic carbocycles. The predicted octanol–water partition coefficient (Wildman–Crippen LogP) is 17.3. The van der Waals surface area contributed by atoms with Crippen molar-refractivity contribution in [3.05, 3.63) is 60.8 Å². The summed E-state index contributed by atoms with van der Waals surface area (Å²) in [6.07, 6.45) is 63.2. The molecule has 0 saturated carbocycles. The highest BCUT2D eigenvalue weighted by Crippen LogP contribution is 2.38. The third kappa shape index (κ3) is 52.4. The fourth-order valence-electron chi connectivity index (χ4n) is 8.33. The van der Waals surface area contributed by atoms with Gasteiger partial charge in [-0.1, -0.05) is 236 Å². The minimum absolute atomic E-state index is 0.0278. The second-order valence-corrected chi connectivity index (χ2v) is 22.6. The quantitative estimate of drug-likeness (QED) is 0.0212. The molecule has 0 radical (unpaired) electrons. The molecule has 3 atom stereocenters. The fourth-order valence-corrected chi connectivity index (χ4v) is 9.05. The van der Waals surface area contributed by atoms with Crippen molar-refractivity contribution < 1.29 is 37.3 Å². The monoisotopic (exact) mass is 1020 g/mol. The highest BCUT2D eigenvalue weighted by atomic mass is 31.2. The van der Waals surface area contributed by atoms with Crippen LogP contribution in [-0.2, 0) is 27.9 Å². The smallest absolute Gasteiger partial charge is 0.306 e. The molecule has 71 heavy (non-hydrogen) atoms. The number of hydrogen-bond donors (Lipinski definition) is 1. The molecule has 0 aromatic heterocycles. The van der Waals surface area contributed by atoms with Crippen LogP contribution in [0.5, 0.6) is 0 Å². The van der Waals surface area contributed by atoms with E-state index in [4.69, 9.17) is 13.8 Å². The molecule has 0 heterocycles. The van der Waals surface area contributed by atoms with Crippen molar-refractivity contribution >= 4 is 19.7 Å². The lowest BCUT2D eigenvalue weighted by Crippen LogP contribution is -2.47. The second-order valence-electron chi connectivity index (χ2n) is 21.2. The summed E-state index contributed by atoms with van der Waals surface area (Å²) in [6.45, 7) is 6.80. The van der Waals surface area contributed by atoms with Crippen LogP contribution in [0.15, 0.2) is 60.8 Å². The number of nitrogens with zero attached hydrogens (tertiary/aromatic N) is 1. The summed E-state index contributed by atoms with van der Waals surface area (Å²) in [7, 11) is 1.17. The van der Waals surface area contributed by atoms with E-state index in [2.05, 4.69) is 74.7 Å². The minimum atomic E-state index is -4.70. The average molecular weight is 1020 g/mol. The van der Waals surface area contributed by atoms with Gasteiger partial charge in [0.05, 0.1) is 33.8 Å². The summed E-state index contributed by atoms with van der Waals surface area (Å²) in [5.41, 5.74) is 0. The van der Waals surface area contributed by atoms with Gasteiger partial charge in [-0.15, -0.1) is 0 Å². The van der Waals surface area contributed by atoms with E-state index in [1.165, 1.54) is 148 Å². The van der Waals surface area contributed by atoms with Crippen LogP contribution >= 0.6 is 7.82 Å². The van der Waals surface area contributed by atoms with Crippen LogP contribution in [0.4, 0.5) is 0 Å². The Kier molecular flexibility index (Phi) is 49.6. The Hall–Kier alpha value is -2.29. The number of phosphoric acid groups is 1. The molecule has 10 heteroatoms. The third-order valence-corrected chi connectivity index (χ3v) is 13.9. The van der Waals surface area contributed by atoms with E-state index in [0.717, 1.165) is 77.0 Å². The number of phosphoric ester groups is 1. The van der Waals surface area contributed by atoms with Gasteiger partial charge in [0, 0.05) is 12.8 Å². The Bertz CT molecular complexity index is 1400. The maximum absolute atomic E-state index is 13.5. The molecule has 3 unspecified atom stereocenters. The van der Waals surface area contributed by atoms with Gasteiger partial charge in [0.1, 0.15) is 19.3 Å². The van der Waals surface area contributed by atoms with Gasteiger partial charge in [-0.2, -0.15) is 0 Å². The van der Waals surface area contributed by atoms with Crippen LogP contribution < -0.4 is 10.2 Å². The predicted molar refractivity (Wildman–Crippen MR) is 302 cm³/mol. The fraction of sp³-hybridized carbons (Fsp3) is 0.803. The topological polar surface area (TPSA) is 114 Å². The molecule has 0 rings (SSSR count). The van der Waals surface area contributed by atoms with Gasteiger partial charge < -0.3 is 28.5 Å². The van der Waals surface area contributed by atoms with Gasteiger partial charge in [0.25, 0.3) is 7.82 Å². The lowest BCUT2D eigenvalue weighted by Gasteiger charge is -2.30.